The number of hydrogen-bond acceptors (Lipinski definition) is 6. The van der Waals surface area contributed by atoms with Gasteiger partial charge in [0.25, 0.3) is 0 Å². The molecule has 1 heterocycles. The maximum absolute atomic E-state index is 13.2. The number of benzene rings is 2. The lowest BCUT2D eigenvalue weighted by molar-refractivity contribution is -0.274. The molecule has 3 amide bonds. The Bertz CT molecular complexity index is 1160. The van der Waals surface area contributed by atoms with Crippen molar-refractivity contribution in [2.75, 3.05) is 18.7 Å². The van der Waals surface area contributed by atoms with Crippen LogP contribution in [0.1, 0.15) is 11.1 Å². The molecule has 1 aliphatic carbocycles. The van der Waals surface area contributed by atoms with Gasteiger partial charge >= 0.3 is 18.5 Å². The van der Waals surface area contributed by atoms with Crippen LogP contribution in [0.25, 0.3) is 0 Å². The van der Waals surface area contributed by atoms with Crippen molar-refractivity contribution in [2.45, 2.75) is 12.8 Å². The summed E-state index contributed by atoms with van der Waals surface area (Å²) in [7, 11) is 1.06. The van der Waals surface area contributed by atoms with E-state index in [1.54, 1.807) is 18.2 Å². The molecule has 33 heavy (non-hydrogen) atoms. The quantitative estimate of drug-likeness (QED) is 0.598. The number of anilines is 1. The topological polar surface area (TPSA) is 80.7 Å². The van der Waals surface area contributed by atoms with Gasteiger partial charge in [0.15, 0.2) is 6.73 Å². The number of methoxy groups -OCH3 is 1. The number of amides is 3. The van der Waals surface area contributed by atoms with Gasteiger partial charge in [0.05, 0.1) is 24.8 Å². The number of carbonyl (C=O) groups is 2. The summed E-state index contributed by atoms with van der Waals surface area (Å²) < 4.78 is 51.2. The average Bonchev–Trinajstić information content (AvgIpc) is 2.94. The standard InChI is InChI=1S/C21H15ClF3N3O5/c1-31-20(30)28(15-3-5-16(6-4-15)33-21(23,24)25)19(29)27-11-32-10-13-8-12-9-14(22)2-7-17(12)18(13)26-27/h2-7,9-10H,8,11H2,1H3. The molecule has 2 aromatic carbocycles. The second-order valence-corrected chi connectivity index (χ2v) is 7.33. The van der Waals surface area contributed by atoms with E-state index in [2.05, 4.69) is 14.6 Å². The van der Waals surface area contributed by atoms with Crippen molar-refractivity contribution >= 4 is 35.1 Å². The first-order valence-corrected chi connectivity index (χ1v) is 9.78. The molecule has 2 aliphatic rings. The summed E-state index contributed by atoms with van der Waals surface area (Å²) in [5.74, 6) is -0.517. The Morgan fingerprint density at radius 2 is 1.91 bits per heavy atom. The first kappa shape index (κ1) is 22.5. The van der Waals surface area contributed by atoms with Crippen molar-refractivity contribution in [3.05, 3.63) is 70.4 Å². The van der Waals surface area contributed by atoms with Gasteiger partial charge in [-0.05, 0) is 42.0 Å². The Balaban J connectivity index is 1.65. The van der Waals surface area contributed by atoms with Crippen LogP contribution in [0.4, 0.5) is 28.4 Å². The van der Waals surface area contributed by atoms with Crippen LogP contribution >= 0.6 is 11.6 Å². The van der Waals surface area contributed by atoms with E-state index in [0.29, 0.717) is 22.1 Å². The first-order chi connectivity index (χ1) is 15.7. The van der Waals surface area contributed by atoms with E-state index >= 15 is 0 Å². The van der Waals surface area contributed by atoms with Gasteiger partial charge in [-0.2, -0.15) is 15.0 Å². The molecule has 0 atom stereocenters. The number of hydrazone groups is 1. The fourth-order valence-corrected chi connectivity index (χ4v) is 3.57. The zero-order valence-corrected chi connectivity index (χ0v) is 17.7. The van der Waals surface area contributed by atoms with Gasteiger partial charge in [0, 0.05) is 22.6 Å². The molecule has 12 heteroatoms. The zero-order chi connectivity index (χ0) is 23.8. The molecule has 4 rings (SSSR count). The van der Waals surface area contributed by atoms with Crippen molar-refractivity contribution in [1.82, 2.24) is 5.01 Å². The van der Waals surface area contributed by atoms with Crippen molar-refractivity contribution in [3.63, 3.8) is 0 Å². The Kier molecular flexibility index (Phi) is 5.90. The van der Waals surface area contributed by atoms with Crippen LogP contribution in [-0.2, 0) is 15.9 Å². The van der Waals surface area contributed by atoms with E-state index in [1.807, 2.05) is 0 Å². The van der Waals surface area contributed by atoms with E-state index in [4.69, 9.17) is 16.3 Å². The number of imide groups is 1. The lowest BCUT2D eigenvalue weighted by atomic mass is 10.1. The van der Waals surface area contributed by atoms with Gasteiger partial charge < -0.3 is 14.2 Å². The summed E-state index contributed by atoms with van der Waals surface area (Å²) in [5.41, 5.74) is 2.80. The van der Waals surface area contributed by atoms with E-state index in [0.717, 1.165) is 53.1 Å². The first-order valence-electron chi connectivity index (χ1n) is 9.40. The maximum Gasteiger partial charge on any atom is 0.573 e. The van der Waals surface area contributed by atoms with Gasteiger partial charge in [-0.3, -0.25) is 0 Å². The molecule has 0 saturated carbocycles. The van der Waals surface area contributed by atoms with Crippen LogP contribution in [0.3, 0.4) is 0 Å². The van der Waals surface area contributed by atoms with Crippen molar-refractivity contribution in [1.29, 1.82) is 0 Å². The van der Waals surface area contributed by atoms with Gasteiger partial charge in [0.1, 0.15) is 5.75 Å². The predicted octanol–water partition coefficient (Wildman–Crippen LogP) is 5.07. The second-order valence-electron chi connectivity index (χ2n) is 6.89. The van der Waals surface area contributed by atoms with Crippen molar-refractivity contribution < 1.29 is 37.0 Å². The summed E-state index contributed by atoms with van der Waals surface area (Å²) in [6.45, 7) is -0.308. The second kappa shape index (κ2) is 8.66. The number of rotatable bonds is 2. The third kappa shape index (κ3) is 4.72. The maximum atomic E-state index is 13.2. The van der Waals surface area contributed by atoms with Crippen LogP contribution in [0.15, 0.2) is 59.4 Å². The fourth-order valence-electron chi connectivity index (χ4n) is 3.37. The largest absolute Gasteiger partial charge is 0.573 e. The highest BCUT2D eigenvalue weighted by Gasteiger charge is 2.34. The summed E-state index contributed by atoms with van der Waals surface area (Å²) >= 11 is 6.05. The normalized spacial score (nSPS) is 14.8. The Labute approximate surface area is 190 Å². The molecular weight excluding hydrogens is 467 g/mol. The molecule has 2 aromatic rings. The molecule has 0 radical (unpaired) electrons. The van der Waals surface area contributed by atoms with Crippen LogP contribution in [-0.4, -0.2) is 43.0 Å². The van der Waals surface area contributed by atoms with E-state index in [-0.39, 0.29) is 12.4 Å². The summed E-state index contributed by atoms with van der Waals surface area (Å²) in [4.78, 5) is 26.2. The number of alkyl halides is 3. The molecule has 0 bridgehead atoms. The van der Waals surface area contributed by atoms with Gasteiger partial charge in [0.2, 0.25) is 0 Å². The number of nitrogens with zero attached hydrogens (tertiary/aromatic N) is 3. The molecule has 1 aliphatic heterocycles. The van der Waals surface area contributed by atoms with E-state index in [1.165, 1.54) is 6.26 Å². The molecule has 0 N–H and O–H groups in total. The summed E-state index contributed by atoms with van der Waals surface area (Å²) in [6.07, 6.45) is -3.98. The number of carbonyl (C=O) groups excluding carboxylic acids is 2. The molecule has 0 saturated heterocycles. The molecular formula is C21H15ClF3N3O5. The summed E-state index contributed by atoms with van der Waals surface area (Å²) in [5, 5.41) is 5.85. The zero-order valence-electron chi connectivity index (χ0n) is 16.9. The number of halogens is 4. The number of urea groups is 1. The Morgan fingerprint density at radius 3 is 2.58 bits per heavy atom. The Hall–Kier alpha value is -3.73. The molecule has 8 nitrogen and oxygen atoms in total. The van der Waals surface area contributed by atoms with E-state index in [9.17, 15) is 22.8 Å². The molecule has 0 aromatic heterocycles. The highest BCUT2D eigenvalue weighted by molar-refractivity contribution is 6.31. The van der Waals surface area contributed by atoms with Crippen molar-refractivity contribution in [3.8, 4) is 5.75 Å². The minimum Gasteiger partial charge on any atom is -0.478 e. The molecule has 0 spiro atoms. The highest BCUT2D eigenvalue weighted by atomic mass is 35.5. The monoisotopic (exact) mass is 481 g/mol. The molecule has 0 fully saturated rings. The average molecular weight is 482 g/mol. The van der Waals surface area contributed by atoms with Crippen LogP contribution in [0, 0.1) is 0 Å². The smallest absolute Gasteiger partial charge is 0.478 e. The highest BCUT2D eigenvalue weighted by Crippen LogP contribution is 2.32. The molecule has 172 valence electrons. The van der Waals surface area contributed by atoms with Crippen molar-refractivity contribution in [2.24, 2.45) is 5.10 Å². The van der Waals surface area contributed by atoms with Gasteiger partial charge in [-0.15, -0.1) is 13.2 Å². The van der Waals surface area contributed by atoms with Gasteiger partial charge in [-0.1, -0.05) is 17.7 Å². The fraction of sp³-hybridized carbons (Fsp3) is 0.190. The minimum atomic E-state index is -4.88. The summed E-state index contributed by atoms with van der Waals surface area (Å²) in [6, 6.07) is 8.46. The Morgan fingerprint density at radius 1 is 1.18 bits per heavy atom. The third-order valence-electron chi connectivity index (χ3n) is 4.75. The third-order valence-corrected chi connectivity index (χ3v) is 4.98. The SMILES string of the molecule is COC(=O)N(C(=O)N1COC=C2Cc3cc(Cl)ccc3C2=N1)c1ccc(OC(F)(F)F)cc1. The molecule has 0 unspecified atom stereocenters. The lowest BCUT2D eigenvalue weighted by Crippen LogP contribution is -2.45. The number of hydrogen-bond donors (Lipinski definition) is 0. The number of fused-ring (bicyclic) bond motifs is 3. The number of allylic oxidation sites excluding steroid dienone is 1. The predicted molar refractivity (Wildman–Crippen MR) is 111 cm³/mol. The van der Waals surface area contributed by atoms with Crippen LogP contribution < -0.4 is 9.64 Å². The van der Waals surface area contributed by atoms with Gasteiger partial charge in [-0.25, -0.2) is 9.59 Å². The van der Waals surface area contributed by atoms with Crippen LogP contribution in [0.2, 0.25) is 5.02 Å². The lowest BCUT2D eigenvalue weighted by Gasteiger charge is -2.24. The minimum absolute atomic E-state index is 0.0578. The van der Waals surface area contributed by atoms with Crippen LogP contribution in [0.5, 0.6) is 5.75 Å². The van der Waals surface area contributed by atoms with E-state index < -0.39 is 24.2 Å². The number of ether oxygens (including phenoxy) is 3.